The summed E-state index contributed by atoms with van der Waals surface area (Å²) in [4.78, 5) is 7.07. The van der Waals surface area contributed by atoms with Crippen molar-refractivity contribution in [3.05, 3.63) is 12.2 Å². The number of rotatable bonds is 11. The molecule has 7 nitrogen and oxygen atoms in total. The van der Waals surface area contributed by atoms with Gasteiger partial charge in [0.15, 0.2) is 5.96 Å². The molecule has 0 aliphatic carbocycles. The Labute approximate surface area is 140 Å². The lowest BCUT2D eigenvalue weighted by Gasteiger charge is -2.17. The van der Waals surface area contributed by atoms with Gasteiger partial charge in [-0.1, -0.05) is 20.8 Å². The van der Waals surface area contributed by atoms with Crippen LogP contribution in [0.2, 0.25) is 0 Å². The van der Waals surface area contributed by atoms with Crippen LogP contribution in [-0.2, 0) is 13.0 Å². The molecule has 1 aromatic rings. The maximum Gasteiger partial charge on any atom is 0.191 e. The number of guanidine groups is 1. The van der Waals surface area contributed by atoms with E-state index in [-0.39, 0.29) is 0 Å². The topological polar surface area (TPSA) is 70.4 Å². The van der Waals surface area contributed by atoms with E-state index in [1.165, 1.54) is 0 Å². The minimum Gasteiger partial charge on any atom is -0.357 e. The molecule has 0 unspecified atom stereocenters. The molecule has 7 heteroatoms. The molecule has 0 radical (unpaired) electrons. The minimum atomic E-state index is 0.812. The fourth-order valence-corrected chi connectivity index (χ4v) is 2.40. The Morgan fingerprint density at radius 3 is 2.65 bits per heavy atom. The molecule has 0 saturated carbocycles. The van der Waals surface area contributed by atoms with Crippen molar-refractivity contribution >= 4 is 5.96 Å². The molecule has 1 heterocycles. The summed E-state index contributed by atoms with van der Waals surface area (Å²) in [6.07, 6.45) is 3.78. The van der Waals surface area contributed by atoms with Crippen LogP contribution in [0, 0.1) is 0 Å². The van der Waals surface area contributed by atoms with Gasteiger partial charge < -0.3 is 20.1 Å². The Balaban J connectivity index is 2.34. The molecule has 0 amide bonds. The first kappa shape index (κ1) is 19.4. The number of aryl methyl sites for hydroxylation is 1. The molecule has 0 aliphatic rings. The van der Waals surface area contributed by atoms with Crippen molar-refractivity contribution in [1.82, 2.24) is 30.3 Å². The molecule has 0 aliphatic heterocycles. The van der Waals surface area contributed by atoms with Crippen LogP contribution < -0.4 is 10.6 Å². The monoisotopic (exact) mass is 323 g/mol. The molecule has 2 N–H and O–H groups in total. The first-order chi connectivity index (χ1) is 11.2. The molecule has 0 atom stereocenters. The van der Waals surface area contributed by atoms with E-state index in [0.29, 0.717) is 0 Å². The van der Waals surface area contributed by atoms with Crippen LogP contribution in [0.4, 0.5) is 0 Å². The largest absolute Gasteiger partial charge is 0.357 e. The van der Waals surface area contributed by atoms with Crippen molar-refractivity contribution in [1.29, 1.82) is 0 Å². The lowest BCUT2D eigenvalue weighted by molar-refractivity contribution is 0.302. The van der Waals surface area contributed by atoms with Crippen molar-refractivity contribution in [3.63, 3.8) is 0 Å². The number of hydrogen-bond donors (Lipinski definition) is 2. The Morgan fingerprint density at radius 1 is 1.22 bits per heavy atom. The van der Waals surface area contributed by atoms with Crippen LogP contribution in [0.1, 0.15) is 39.9 Å². The molecular weight excluding hydrogens is 290 g/mol. The maximum absolute atomic E-state index is 4.64. The van der Waals surface area contributed by atoms with Gasteiger partial charge in [-0.15, -0.1) is 10.2 Å². The van der Waals surface area contributed by atoms with Gasteiger partial charge in [-0.05, 0) is 33.0 Å². The quantitative estimate of drug-likeness (QED) is 0.363. The third-order valence-electron chi connectivity index (χ3n) is 3.80. The van der Waals surface area contributed by atoms with Gasteiger partial charge in [0.05, 0.1) is 0 Å². The van der Waals surface area contributed by atoms with Crippen LogP contribution in [-0.4, -0.2) is 64.9 Å². The van der Waals surface area contributed by atoms with Crippen molar-refractivity contribution < 1.29 is 0 Å². The third-order valence-corrected chi connectivity index (χ3v) is 3.80. The zero-order valence-electron chi connectivity index (χ0n) is 15.2. The van der Waals surface area contributed by atoms with Crippen molar-refractivity contribution in [2.75, 3.05) is 39.3 Å². The third kappa shape index (κ3) is 7.45. The molecule has 0 fully saturated rings. The second-order valence-electron chi connectivity index (χ2n) is 5.36. The number of aromatic nitrogens is 3. The van der Waals surface area contributed by atoms with Gasteiger partial charge in [0.2, 0.25) is 0 Å². The predicted molar refractivity (Wildman–Crippen MR) is 95.8 cm³/mol. The van der Waals surface area contributed by atoms with Gasteiger partial charge in [0.1, 0.15) is 12.2 Å². The standard InChI is InChI=1S/C16H33N7/c1-5-15-21-20-14-23(15)13-11-19-16(17-6-2)18-10-9-12-22(7-3)8-4/h14H,5-13H2,1-4H3,(H2,17,18,19). The highest BCUT2D eigenvalue weighted by Crippen LogP contribution is 1.95. The molecule has 0 spiro atoms. The van der Waals surface area contributed by atoms with Gasteiger partial charge in [0, 0.05) is 32.6 Å². The normalized spacial score (nSPS) is 12.0. The van der Waals surface area contributed by atoms with E-state index in [9.17, 15) is 0 Å². The van der Waals surface area contributed by atoms with E-state index in [4.69, 9.17) is 0 Å². The van der Waals surface area contributed by atoms with Crippen molar-refractivity contribution in [2.24, 2.45) is 4.99 Å². The Morgan fingerprint density at radius 2 is 2.00 bits per heavy atom. The maximum atomic E-state index is 4.64. The first-order valence-electron chi connectivity index (χ1n) is 8.86. The average molecular weight is 323 g/mol. The Hall–Kier alpha value is -1.63. The van der Waals surface area contributed by atoms with Gasteiger partial charge >= 0.3 is 0 Å². The molecule has 23 heavy (non-hydrogen) atoms. The number of hydrogen-bond acceptors (Lipinski definition) is 4. The van der Waals surface area contributed by atoms with Crippen LogP contribution >= 0.6 is 0 Å². The summed E-state index contributed by atoms with van der Waals surface area (Å²) in [6.45, 7) is 15.3. The lowest BCUT2D eigenvalue weighted by Crippen LogP contribution is -2.39. The number of nitrogens with zero attached hydrogens (tertiary/aromatic N) is 5. The lowest BCUT2D eigenvalue weighted by atomic mass is 10.4. The van der Waals surface area contributed by atoms with Crippen LogP contribution in [0.25, 0.3) is 0 Å². The molecule has 0 saturated heterocycles. The Bertz CT molecular complexity index is 437. The van der Waals surface area contributed by atoms with Crippen molar-refractivity contribution in [3.8, 4) is 0 Å². The highest BCUT2D eigenvalue weighted by atomic mass is 15.3. The fourth-order valence-electron chi connectivity index (χ4n) is 2.40. The van der Waals surface area contributed by atoms with Crippen LogP contribution in [0.5, 0.6) is 0 Å². The molecular formula is C16H33N7. The average Bonchev–Trinajstić information content (AvgIpc) is 3.02. The zero-order chi connectivity index (χ0) is 16.9. The Kier molecular flexibility index (Phi) is 10.0. The summed E-state index contributed by atoms with van der Waals surface area (Å²) in [7, 11) is 0. The highest BCUT2D eigenvalue weighted by Gasteiger charge is 2.02. The van der Waals surface area contributed by atoms with Gasteiger partial charge in [0.25, 0.3) is 0 Å². The van der Waals surface area contributed by atoms with E-state index in [1.54, 1.807) is 6.33 Å². The minimum absolute atomic E-state index is 0.812. The summed E-state index contributed by atoms with van der Waals surface area (Å²) in [5, 5.41) is 14.7. The van der Waals surface area contributed by atoms with E-state index in [2.05, 4.69) is 63.0 Å². The second-order valence-corrected chi connectivity index (χ2v) is 5.36. The molecule has 132 valence electrons. The van der Waals surface area contributed by atoms with E-state index in [1.807, 2.05) is 0 Å². The predicted octanol–water partition coefficient (Wildman–Crippen LogP) is 1.13. The highest BCUT2D eigenvalue weighted by molar-refractivity contribution is 5.79. The van der Waals surface area contributed by atoms with Gasteiger partial charge in [-0.2, -0.15) is 0 Å². The van der Waals surface area contributed by atoms with Gasteiger partial charge in [-0.3, -0.25) is 4.99 Å². The van der Waals surface area contributed by atoms with Gasteiger partial charge in [-0.25, -0.2) is 0 Å². The first-order valence-corrected chi connectivity index (χ1v) is 8.86. The van der Waals surface area contributed by atoms with Crippen LogP contribution in [0.15, 0.2) is 11.3 Å². The summed E-state index contributed by atoms with van der Waals surface area (Å²) in [6, 6.07) is 0. The van der Waals surface area contributed by atoms with Crippen LogP contribution in [0.3, 0.4) is 0 Å². The van der Waals surface area contributed by atoms with Crippen molar-refractivity contribution in [2.45, 2.75) is 47.1 Å². The summed E-state index contributed by atoms with van der Waals surface area (Å²) in [5.41, 5.74) is 0. The molecule has 0 bridgehead atoms. The van der Waals surface area contributed by atoms with E-state index < -0.39 is 0 Å². The fraction of sp³-hybridized carbons (Fsp3) is 0.812. The number of nitrogens with one attached hydrogen (secondary N) is 2. The molecule has 0 aromatic carbocycles. The van der Waals surface area contributed by atoms with E-state index >= 15 is 0 Å². The summed E-state index contributed by atoms with van der Waals surface area (Å²) in [5.74, 6) is 1.91. The smallest absolute Gasteiger partial charge is 0.191 e. The SMILES string of the molecule is CCNC(=NCCCN(CC)CC)NCCn1cnnc1CC. The summed E-state index contributed by atoms with van der Waals surface area (Å²) < 4.78 is 2.08. The molecule has 1 aromatic heterocycles. The molecule has 1 rings (SSSR count). The summed E-state index contributed by atoms with van der Waals surface area (Å²) >= 11 is 0. The number of aliphatic imine (C=N–C) groups is 1. The van der Waals surface area contributed by atoms with E-state index in [0.717, 1.165) is 70.4 Å². The zero-order valence-corrected chi connectivity index (χ0v) is 15.2. The second kappa shape index (κ2) is 11.9.